The van der Waals surface area contributed by atoms with Crippen LogP contribution in [0.3, 0.4) is 0 Å². The predicted molar refractivity (Wildman–Crippen MR) is 109 cm³/mol. The maximum Gasteiger partial charge on any atom is 0.253 e. The summed E-state index contributed by atoms with van der Waals surface area (Å²) in [7, 11) is 0. The molecule has 2 saturated carbocycles. The molecule has 3 N–H and O–H groups in total. The van der Waals surface area contributed by atoms with Crippen LogP contribution in [0.4, 0.5) is 5.69 Å². The van der Waals surface area contributed by atoms with E-state index in [1.807, 2.05) is 29.2 Å². The Hall–Kier alpha value is -1.59. The van der Waals surface area contributed by atoms with E-state index in [0.717, 1.165) is 44.5 Å². The van der Waals surface area contributed by atoms with Crippen LogP contribution in [0.15, 0.2) is 24.3 Å². The van der Waals surface area contributed by atoms with E-state index in [0.29, 0.717) is 17.4 Å². The third-order valence-electron chi connectivity index (χ3n) is 6.58. The van der Waals surface area contributed by atoms with E-state index in [1.165, 1.54) is 19.3 Å². The number of fused-ring (bicyclic) bond motifs is 2. The van der Waals surface area contributed by atoms with Crippen LogP contribution in [-0.2, 0) is 4.79 Å². The summed E-state index contributed by atoms with van der Waals surface area (Å²) in [6.45, 7) is 1.69. The zero-order valence-electron chi connectivity index (χ0n) is 15.7. The lowest BCUT2D eigenvalue weighted by atomic mass is 9.84. The Morgan fingerprint density at radius 2 is 1.59 bits per heavy atom. The van der Waals surface area contributed by atoms with Crippen molar-refractivity contribution in [2.24, 2.45) is 23.5 Å². The molecule has 0 spiro atoms. The van der Waals surface area contributed by atoms with Crippen molar-refractivity contribution in [2.75, 3.05) is 18.4 Å². The summed E-state index contributed by atoms with van der Waals surface area (Å²) in [5, 5.41) is 3.01. The van der Waals surface area contributed by atoms with Gasteiger partial charge in [-0.05, 0) is 68.2 Å². The first-order chi connectivity index (χ1) is 12.6. The van der Waals surface area contributed by atoms with Crippen molar-refractivity contribution >= 4 is 29.9 Å². The quantitative estimate of drug-likeness (QED) is 0.828. The van der Waals surface area contributed by atoms with E-state index < -0.39 is 0 Å². The average Bonchev–Trinajstić information content (AvgIpc) is 3.12. The first-order valence-corrected chi connectivity index (χ1v) is 10.1. The zero-order chi connectivity index (χ0) is 18.1. The number of rotatable bonds is 3. The highest BCUT2D eigenvalue weighted by molar-refractivity contribution is 5.96. The predicted octanol–water partition coefficient (Wildman–Crippen LogP) is 3.44. The number of carbonyl (C=O) groups excluding carboxylic acids is 2. The molecule has 148 valence electrons. The minimum absolute atomic E-state index is 0. The van der Waals surface area contributed by atoms with Gasteiger partial charge in [-0.15, -0.1) is 12.4 Å². The summed E-state index contributed by atoms with van der Waals surface area (Å²) in [5.74, 6) is 1.03. The molecule has 1 aromatic rings. The van der Waals surface area contributed by atoms with E-state index in [1.54, 1.807) is 0 Å². The highest BCUT2D eigenvalue weighted by Crippen LogP contribution is 2.47. The SMILES string of the molecule is Cl.NC1C2CCC(C2)C1C(=O)Nc1ccc(C(=O)N2CCCCCC2)cc1. The molecule has 4 unspecified atom stereocenters. The smallest absolute Gasteiger partial charge is 0.253 e. The topological polar surface area (TPSA) is 75.4 Å². The first-order valence-electron chi connectivity index (χ1n) is 10.1. The lowest BCUT2D eigenvalue weighted by Crippen LogP contribution is -2.42. The number of carbonyl (C=O) groups is 2. The molecule has 0 radical (unpaired) electrons. The van der Waals surface area contributed by atoms with Gasteiger partial charge < -0.3 is 16.0 Å². The van der Waals surface area contributed by atoms with Gasteiger partial charge in [0.1, 0.15) is 0 Å². The molecule has 5 nitrogen and oxygen atoms in total. The maximum absolute atomic E-state index is 12.7. The van der Waals surface area contributed by atoms with Crippen molar-refractivity contribution < 1.29 is 9.59 Å². The van der Waals surface area contributed by atoms with Crippen LogP contribution >= 0.6 is 12.4 Å². The largest absolute Gasteiger partial charge is 0.339 e. The molecule has 6 heteroatoms. The van der Waals surface area contributed by atoms with Gasteiger partial charge in [0, 0.05) is 30.4 Å². The maximum atomic E-state index is 12.7. The molecular formula is C21H30ClN3O2. The van der Waals surface area contributed by atoms with Gasteiger partial charge in [-0.1, -0.05) is 12.8 Å². The van der Waals surface area contributed by atoms with Gasteiger partial charge in [0.05, 0.1) is 5.92 Å². The minimum atomic E-state index is -0.0628. The number of nitrogens with two attached hydrogens (primary N) is 1. The molecule has 27 heavy (non-hydrogen) atoms. The fourth-order valence-corrected chi connectivity index (χ4v) is 5.10. The Balaban J connectivity index is 0.00000210. The summed E-state index contributed by atoms with van der Waals surface area (Å²) in [6.07, 6.45) is 7.98. The third kappa shape index (κ3) is 4.14. The normalized spacial score (nSPS) is 29.7. The number of hydrogen-bond donors (Lipinski definition) is 2. The van der Waals surface area contributed by atoms with Crippen molar-refractivity contribution in [3.8, 4) is 0 Å². The minimum Gasteiger partial charge on any atom is -0.339 e. The van der Waals surface area contributed by atoms with E-state index in [9.17, 15) is 9.59 Å². The van der Waals surface area contributed by atoms with E-state index >= 15 is 0 Å². The Morgan fingerprint density at radius 3 is 2.19 bits per heavy atom. The first kappa shape index (κ1) is 20.2. The zero-order valence-corrected chi connectivity index (χ0v) is 16.5. The molecule has 3 aliphatic rings. The molecule has 1 aromatic carbocycles. The van der Waals surface area contributed by atoms with Crippen LogP contribution in [-0.4, -0.2) is 35.8 Å². The summed E-state index contributed by atoms with van der Waals surface area (Å²) in [4.78, 5) is 27.3. The van der Waals surface area contributed by atoms with Crippen LogP contribution in [0.1, 0.15) is 55.3 Å². The second kappa shape index (κ2) is 8.61. The second-order valence-electron chi connectivity index (χ2n) is 8.21. The molecule has 1 aliphatic heterocycles. The van der Waals surface area contributed by atoms with Gasteiger partial charge in [0.2, 0.25) is 5.91 Å². The molecule has 1 saturated heterocycles. The number of nitrogens with one attached hydrogen (secondary N) is 1. The molecule has 2 aliphatic carbocycles. The third-order valence-corrected chi connectivity index (χ3v) is 6.58. The van der Waals surface area contributed by atoms with Gasteiger partial charge >= 0.3 is 0 Å². The van der Waals surface area contributed by atoms with Gasteiger partial charge in [-0.2, -0.15) is 0 Å². The van der Waals surface area contributed by atoms with Crippen LogP contribution < -0.4 is 11.1 Å². The van der Waals surface area contributed by atoms with Crippen molar-refractivity contribution in [3.63, 3.8) is 0 Å². The summed E-state index contributed by atoms with van der Waals surface area (Å²) in [5.41, 5.74) is 7.71. The van der Waals surface area contributed by atoms with Gasteiger partial charge in [-0.3, -0.25) is 9.59 Å². The summed E-state index contributed by atoms with van der Waals surface area (Å²) < 4.78 is 0. The molecule has 2 bridgehead atoms. The summed E-state index contributed by atoms with van der Waals surface area (Å²) in [6, 6.07) is 7.31. The molecule has 1 heterocycles. The molecule has 0 aromatic heterocycles. The number of halogens is 1. The standard InChI is InChI=1S/C21H29N3O2.ClH/c22-19-16-6-5-15(13-16)18(19)20(25)23-17-9-7-14(8-10-17)21(26)24-11-3-1-2-4-12-24;/h7-10,15-16,18-19H,1-6,11-13,22H2,(H,23,25);1H. The lowest BCUT2D eigenvalue weighted by molar-refractivity contribution is -0.121. The van der Waals surface area contributed by atoms with Crippen LogP contribution in [0.2, 0.25) is 0 Å². The number of anilines is 1. The molecule has 4 rings (SSSR count). The number of amides is 2. The van der Waals surface area contributed by atoms with E-state index in [4.69, 9.17) is 5.73 Å². The van der Waals surface area contributed by atoms with Crippen molar-refractivity contribution in [1.29, 1.82) is 0 Å². The van der Waals surface area contributed by atoms with Crippen LogP contribution in [0.5, 0.6) is 0 Å². The van der Waals surface area contributed by atoms with Crippen molar-refractivity contribution in [3.05, 3.63) is 29.8 Å². The fourth-order valence-electron chi connectivity index (χ4n) is 5.10. The van der Waals surface area contributed by atoms with Crippen molar-refractivity contribution in [1.82, 2.24) is 4.90 Å². The number of benzene rings is 1. The highest BCUT2D eigenvalue weighted by Gasteiger charge is 2.49. The highest BCUT2D eigenvalue weighted by atomic mass is 35.5. The number of nitrogens with zero attached hydrogens (tertiary/aromatic N) is 1. The Morgan fingerprint density at radius 1 is 0.963 bits per heavy atom. The molecular weight excluding hydrogens is 362 g/mol. The lowest BCUT2D eigenvalue weighted by Gasteiger charge is -2.27. The molecule has 2 amide bonds. The Labute approximate surface area is 167 Å². The van der Waals surface area contributed by atoms with Crippen LogP contribution in [0.25, 0.3) is 0 Å². The van der Waals surface area contributed by atoms with Gasteiger partial charge in [0.25, 0.3) is 5.91 Å². The number of likely N-dealkylation sites (tertiary alicyclic amines) is 1. The van der Waals surface area contributed by atoms with Crippen molar-refractivity contribution in [2.45, 2.75) is 51.0 Å². The fraction of sp³-hybridized carbons (Fsp3) is 0.619. The number of hydrogen-bond acceptors (Lipinski definition) is 3. The van der Waals surface area contributed by atoms with Gasteiger partial charge in [0.15, 0.2) is 0 Å². The molecule has 3 fully saturated rings. The van der Waals surface area contributed by atoms with E-state index in [2.05, 4.69) is 5.32 Å². The van der Waals surface area contributed by atoms with E-state index in [-0.39, 0.29) is 36.2 Å². The Kier molecular flexibility index (Phi) is 6.43. The average molecular weight is 392 g/mol. The van der Waals surface area contributed by atoms with Gasteiger partial charge in [-0.25, -0.2) is 0 Å². The molecule has 4 atom stereocenters. The second-order valence-corrected chi connectivity index (χ2v) is 8.21. The van der Waals surface area contributed by atoms with Crippen LogP contribution in [0, 0.1) is 17.8 Å². The summed E-state index contributed by atoms with van der Waals surface area (Å²) >= 11 is 0. The monoisotopic (exact) mass is 391 g/mol. The Bertz CT molecular complexity index is 669.